The van der Waals surface area contributed by atoms with Crippen LogP contribution in [0.4, 0.5) is 11.5 Å². The molecule has 2 aromatic heterocycles. The molecule has 0 saturated carbocycles. The monoisotopic (exact) mass is 603 g/mol. The Labute approximate surface area is 254 Å². The molecule has 0 unspecified atom stereocenters. The van der Waals surface area contributed by atoms with Gasteiger partial charge in [-0.3, -0.25) is 9.78 Å². The van der Waals surface area contributed by atoms with Crippen LogP contribution in [0, 0.1) is 19.3 Å². The number of carbonyl (C=O) groups excluding carboxylic acids is 1. The fourth-order valence-electron chi connectivity index (χ4n) is 7.12. The van der Waals surface area contributed by atoms with Crippen molar-refractivity contribution in [3.8, 4) is 5.75 Å². The number of aryl methyl sites for hydroxylation is 3. The molecule has 0 aliphatic carbocycles. The van der Waals surface area contributed by atoms with Gasteiger partial charge in [0.05, 0.1) is 24.1 Å². The van der Waals surface area contributed by atoms with Crippen LogP contribution in [0.1, 0.15) is 54.5 Å². The average Bonchev–Trinajstić information content (AvgIpc) is 3.01. The zero-order chi connectivity index (χ0) is 30.2. The SMILES string of the molecule is COc1cc(C)c(S(=O)(=O)N2CCCc3ccc(CC(=O)N4CCC5(CC4)CCN(c4ccncc4)CC5)nc32)c(C)c1. The molecule has 1 spiro atoms. The summed E-state index contributed by atoms with van der Waals surface area (Å²) in [5, 5.41) is 0. The van der Waals surface area contributed by atoms with Crippen molar-refractivity contribution in [2.45, 2.75) is 63.7 Å². The number of benzene rings is 1. The van der Waals surface area contributed by atoms with Crippen molar-refractivity contribution in [1.29, 1.82) is 0 Å². The van der Waals surface area contributed by atoms with E-state index in [9.17, 15) is 13.2 Å². The first-order chi connectivity index (χ1) is 20.7. The number of aromatic nitrogens is 2. The number of ether oxygens (including phenoxy) is 1. The standard InChI is InChI=1S/C33H41N5O4S/c1-24-21-29(42-3)22-25(2)31(24)43(40,41)38-16-4-5-26-6-7-27(35-32(26)38)23-30(39)37-19-12-33(13-20-37)10-17-36(18-11-33)28-8-14-34-15-9-28/h6-9,14-15,21-22H,4-5,10-13,16-20,23H2,1-3H3. The number of rotatable bonds is 6. The van der Waals surface area contributed by atoms with Crippen LogP contribution in [-0.4, -0.2) is 69.0 Å². The van der Waals surface area contributed by atoms with E-state index >= 15 is 0 Å². The molecule has 0 bridgehead atoms. The number of piperidine rings is 2. The van der Waals surface area contributed by atoms with Crippen molar-refractivity contribution in [3.63, 3.8) is 0 Å². The molecule has 10 heteroatoms. The molecule has 228 valence electrons. The Bertz CT molecular complexity index is 1570. The van der Waals surface area contributed by atoms with E-state index in [0.717, 1.165) is 70.3 Å². The van der Waals surface area contributed by atoms with Gasteiger partial charge in [0.15, 0.2) is 0 Å². The van der Waals surface area contributed by atoms with Crippen molar-refractivity contribution < 1.29 is 17.9 Å². The predicted molar refractivity (Wildman–Crippen MR) is 167 cm³/mol. The fourth-order valence-corrected chi connectivity index (χ4v) is 9.02. The van der Waals surface area contributed by atoms with Gasteiger partial charge in [0, 0.05) is 50.8 Å². The fraction of sp³-hybridized carbons (Fsp3) is 0.485. The Balaban J connectivity index is 1.12. The van der Waals surface area contributed by atoms with Gasteiger partial charge in [-0.05, 0) is 105 Å². The van der Waals surface area contributed by atoms with Crippen LogP contribution >= 0.6 is 0 Å². The third kappa shape index (κ3) is 5.81. The van der Waals surface area contributed by atoms with Crippen molar-refractivity contribution in [2.75, 3.05) is 49.0 Å². The van der Waals surface area contributed by atoms with Crippen LogP contribution in [0.2, 0.25) is 0 Å². The molecule has 3 aromatic rings. The van der Waals surface area contributed by atoms with Crippen LogP contribution in [0.25, 0.3) is 0 Å². The second-order valence-electron chi connectivity index (χ2n) is 12.3. The molecular formula is C33H41N5O4S. The van der Waals surface area contributed by atoms with Crippen LogP contribution in [0.3, 0.4) is 0 Å². The Morgan fingerprint density at radius 1 is 0.930 bits per heavy atom. The number of methoxy groups -OCH3 is 1. The minimum Gasteiger partial charge on any atom is -0.497 e. The number of amides is 1. The normalized spacial score (nSPS) is 18.4. The van der Waals surface area contributed by atoms with Crippen LogP contribution in [-0.2, 0) is 27.7 Å². The lowest BCUT2D eigenvalue weighted by molar-refractivity contribution is -0.133. The number of anilines is 2. The van der Waals surface area contributed by atoms with E-state index in [0.29, 0.717) is 45.2 Å². The second-order valence-corrected chi connectivity index (χ2v) is 14.1. The number of fused-ring (bicyclic) bond motifs is 1. The van der Waals surface area contributed by atoms with E-state index in [1.165, 1.54) is 9.99 Å². The first kappa shape index (κ1) is 29.4. The maximum absolute atomic E-state index is 14.0. The minimum absolute atomic E-state index is 0.0589. The van der Waals surface area contributed by atoms with Gasteiger partial charge in [0.2, 0.25) is 5.91 Å². The number of hydrogen-bond donors (Lipinski definition) is 0. The predicted octanol–water partition coefficient (Wildman–Crippen LogP) is 4.70. The van der Waals surface area contributed by atoms with E-state index in [1.54, 1.807) is 33.1 Å². The summed E-state index contributed by atoms with van der Waals surface area (Å²) >= 11 is 0. The van der Waals surface area contributed by atoms with Gasteiger partial charge in [0.1, 0.15) is 11.6 Å². The van der Waals surface area contributed by atoms with Gasteiger partial charge in [-0.25, -0.2) is 17.7 Å². The smallest absolute Gasteiger partial charge is 0.266 e. The summed E-state index contributed by atoms with van der Waals surface area (Å²) in [5.41, 5.74) is 4.32. The van der Waals surface area contributed by atoms with Crippen molar-refractivity contribution in [3.05, 3.63) is 71.2 Å². The number of pyridine rings is 2. The number of sulfonamides is 1. The summed E-state index contributed by atoms with van der Waals surface area (Å²) in [6.45, 7) is 7.53. The largest absolute Gasteiger partial charge is 0.497 e. The van der Waals surface area contributed by atoms with Gasteiger partial charge in [-0.1, -0.05) is 6.07 Å². The zero-order valence-corrected chi connectivity index (χ0v) is 26.2. The summed E-state index contributed by atoms with van der Waals surface area (Å²) < 4.78 is 34.7. The van der Waals surface area contributed by atoms with Crippen LogP contribution < -0.4 is 13.9 Å². The van der Waals surface area contributed by atoms with E-state index in [-0.39, 0.29) is 12.3 Å². The van der Waals surface area contributed by atoms with Crippen LogP contribution in [0.5, 0.6) is 5.75 Å². The number of hydrogen-bond acceptors (Lipinski definition) is 7. The second kappa shape index (κ2) is 11.8. The molecule has 2 fully saturated rings. The Morgan fingerprint density at radius 3 is 2.23 bits per heavy atom. The summed E-state index contributed by atoms with van der Waals surface area (Å²) in [6.07, 6.45) is 9.67. The molecule has 43 heavy (non-hydrogen) atoms. The summed E-state index contributed by atoms with van der Waals surface area (Å²) in [4.78, 5) is 27.1. The minimum atomic E-state index is -3.85. The van der Waals surface area contributed by atoms with Gasteiger partial charge < -0.3 is 14.5 Å². The average molecular weight is 604 g/mol. The topological polar surface area (TPSA) is 95.9 Å². The summed E-state index contributed by atoms with van der Waals surface area (Å²) in [6, 6.07) is 11.5. The van der Waals surface area contributed by atoms with E-state index < -0.39 is 10.0 Å². The van der Waals surface area contributed by atoms with E-state index in [2.05, 4.69) is 22.0 Å². The Kier molecular flexibility index (Phi) is 8.06. The third-order valence-electron chi connectivity index (χ3n) is 9.64. The summed E-state index contributed by atoms with van der Waals surface area (Å²) in [7, 11) is -2.28. The van der Waals surface area contributed by atoms with Crippen molar-refractivity contribution >= 4 is 27.4 Å². The van der Waals surface area contributed by atoms with Gasteiger partial charge in [0.25, 0.3) is 10.0 Å². The van der Waals surface area contributed by atoms with Crippen molar-refractivity contribution in [2.24, 2.45) is 5.41 Å². The Hall–Kier alpha value is -3.66. The zero-order valence-electron chi connectivity index (χ0n) is 25.4. The maximum atomic E-state index is 14.0. The molecule has 3 aliphatic heterocycles. The lowest BCUT2D eigenvalue weighted by Gasteiger charge is -2.47. The summed E-state index contributed by atoms with van der Waals surface area (Å²) in [5.74, 6) is 1.14. The first-order valence-electron chi connectivity index (χ1n) is 15.3. The van der Waals surface area contributed by atoms with Crippen molar-refractivity contribution in [1.82, 2.24) is 14.9 Å². The first-order valence-corrected chi connectivity index (χ1v) is 16.7. The molecule has 2 saturated heterocycles. The molecule has 0 N–H and O–H groups in total. The molecule has 3 aliphatic rings. The highest BCUT2D eigenvalue weighted by Crippen LogP contribution is 2.42. The number of likely N-dealkylation sites (tertiary alicyclic amines) is 1. The lowest BCUT2D eigenvalue weighted by atomic mass is 9.71. The van der Waals surface area contributed by atoms with Crippen LogP contribution in [0.15, 0.2) is 53.7 Å². The lowest BCUT2D eigenvalue weighted by Crippen LogP contribution is -2.48. The number of carbonyl (C=O) groups is 1. The number of nitrogens with zero attached hydrogens (tertiary/aromatic N) is 5. The molecule has 0 atom stereocenters. The van der Waals surface area contributed by atoms with Gasteiger partial charge in [-0.15, -0.1) is 0 Å². The quantitative estimate of drug-likeness (QED) is 0.403. The molecule has 0 radical (unpaired) electrons. The van der Waals surface area contributed by atoms with Gasteiger partial charge >= 0.3 is 0 Å². The molecule has 9 nitrogen and oxygen atoms in total. The highest BCUT2D eigenvalue weighted by atomic mass is 32.2. The molecule has 5 heterocycles. The molecule has 1 aromatic carbocycles. The van der Waals surface area contributed by atoms with E-state index in [4.69, 9.17) is 9.72 Å². The maximum Gasteiger partial charge on any atom is 0.266 e. The highest BCUT2D eigenvalue weighted by Gasteiger charge is 2.39. The van der Waals surface area contributed by atoms with E-state index in [1.807, 2.05) is 29.4 Å². The molecular weight excluding hydrogens is 562 g/mol. The Morgan fingerprint density at radius 2 is 1.58 bits per heavy atom. The molecule has 1 amide bonds. The van der Waals surface area contributed by atoms with Gasteiger partial charge in [-0.2, -0.15) is 0 Å². The molecule has 6 rings (SSSR count). The highest BCUT2D eigenvalue weighted by molar-refractivity contribution is 7.93. The third-order valence-corrected chi connectivity index (χ3v) is 11.7.